The molecule has 0 aromatic heterocycles. The molecule has 0 bridgehead atoms. The number of hydrogen-bond donors (Lipinski definition) is 0. The van der Waals surface area contributed by atoms with E-state index < -0.39 is 46.8 Å². The maximum atomic E-state index is 14.1. The van der Waals surface area contributed by atoms with Crippen molar-refractivity contribution in [1.29, 1.82) is 5.26 Å². The molecule has 2 amide bonds. The van der Waals surface area contributed by atoms with Gasteiger partial charge in [0.25, 0.3) is 0 Å². The molecule has 7 nitrogen and oxygen atoms in total. The van der Waals surface area contributed by atoms with Gasteiger partial charge in [-0.15, -0.1) is 0 Å². The number of rotatable bonds is 8. The molecule has 0 radical (unpaired) electrons. The first-order valence-corrected chi connectivity index (χ1v) is 15.4. The molecule has 3 atom stereocenters. The van der Waals surface area contributed by atoms with Crippen molar-refractivity contribution in [3.8, 4) is 6.07 Å². The van der Waals surface area contributed by atoms with Crippen molar-refractivity contribution in [2.75, 3.05) is 19.7 Å². The fourth-order valence-corrected chi connectivity index (χ4v) is 6.40. The number of alkyl halides is 6. The van der Waals surface area contributed by atoms with E-state index in [2.05, 4.69) is 6.07 Å². The van der Waals surface area contributed by atoms with Crippen molar-refractivity contribution in [3.05, 3.63) is 107 Å². The van der Waals surface area contributed by atoms with Crippen molar-refractivity contribution in [3.63, 3.8) is 0 Å². The number of carbonyl (C=O) groups excluding carboxylic acids is 2. The van der Waals surface area contributed by atoms with Crippen LogP contribution in [0.4, 0.5) is 31.1 Å². The van der Waals surface area contributed by atoms with Crippen LogP contribution in [-0.4, -0.2) is 47.0 Å². The molecule has 2 aliphatic rings. The highest BCUT2D eigenvalue weighted by Crippen LogP contribution is 2.46. The molecule has 254 valence electrons. The Morgan fingerprint density at radius 1 is 0.938 bits per heavy atom. The molecule has 0 N–H and O–H groups in total. The average Bonchev–Trinajstić information content (AvgIpc) is 3.52. The van der Waals surface area contributed by atoms with Gasteiger partial charge in [-0.25, -0.2) is 4.79 Å². The van der Waals surface area contributed by atoms with Gasteiger partial charge in [-0.2, -0.15) is 31.6 Å². The first kappa shape index (κ1) is 34.8. The highest BCUT2D eigenvalue weighted by Gasteiger charge is 2.56. The van der Waals surface area contributed by atoms with Crippen LogP contribution in [-0.2, 0) is 38.8 Å². The summed E-state index contributed by atoms with van der Waals surface area (Å²) in [5.41, 5.74) is -4.84. The van der Waals surface area contributed by atoms with E-state index in [0.717, 1.165) is 0 Å². The molecular formula is C35H33F6N3O4. The minimum Gasteiger partial charge on any atom is -0.445 e. The second-order valence-electron chi connectivity index (χ2n) is 12.1. The van der Waals surface area contributed by atoms with Crippen LogP contribution in [0.2, 0.25) is 0 Å². The Hall–Kier alpha value is -4.57. The normalized spacial score (nSPS) is 22.3. The van der Waals surface area contributed by atoms with Gasteiger partial charge in [-0.05, 0) is 61.1 Å². The predicted molar refractivity (Wildman–Crippen MR) is 161 cm³/mol. The van der Waals surface area contributed by atoms with E-state index in [9.17, 15) is 41.2 Å². The molecule has 2 fully saturated rings. The fraction of sp³-hybridized carbons (Fsp3) is 0.400. The van der Waals surface area contributed by atoms with Crippen LogP contribution in [0.5, 0.6) is 0 Å². The standard InChI is InChI=1S/C35H33F6N3O4/c1-24(26-17-28(34(36,37)38)19-29(18-26)35(39,40)41)48-23-33(27-11-6-3-7-12-27)15-14-32(21-42,43-16-8-13-30(43)45)22-44(33)31(46)47-20-25-9-4-2-5-10-25/h2-7,9-12,17-19,24H,8,13-16,20,22-23H2,1H3/t24-,32-,33-/m1/s1. The van der Waals surface area contributed by atoms with Crippen molar-refractivity contribution >= 4 is 12.0 Å². The molecule has 0 aliphatic carbocycles. The van der Waals surface area contributed by atoms with Gasteiger partial charge in [0, 0.05) is 13.0 Å². The fourth-order valence-electron chi connectivity index (χ4n) is 6.40. The van der Waals surface area contributed by atoms with Gasteiger partial charge in [0.15, 0.2) is 0 Å². The highest BCUT2D eigenvalue weighted by molar-refractivity contribution is 5.80. The number of hydrogen-bond acceptors (Lipinski definition) is 5. The number of ether oxygens (including phenoxy) is 2. The molecule has 3 aromatic carbocycles. The van der Waals surface area contributed by atoms with E-state index in [0.29, 0.717) is 36.2 Å². The number of carbonyl (C=O) groups is 2. The molecule has 0 spiro atoms. The molecule has 0 unspecified atom stereocenters. The predicted octanol–water partition coefficient (Wildman–Crippen LogP) is 8.01. The first-order chi connectivity index (χ1) is 22.7. The summed E-state index contributed by atoms with van der Waals surface area (Å²) in [5.74, 6) is -0.226. The summed E-state index contributed by atoms with van der Waals surface area (Å²) < 4.78 is 93.7. The minimum absolute atomic E-state index is 0.0500. The monoisotopic (exact) mass is 673 g/mol. The zero-order chi connectivity index (χ0) is 34.7. The molecular weight excluding hydrogens is 640 g/mol. The summed E-state index contributed by atoms with van der Waals surface area (Å²) in [5, 5.41) is 10.5. The lowest BCUT2D eigenvalue weighted by Gasteiger charge is -2.53. The summed E-state index contributed by atoms with van der Waals surface area (Å²) in [7, 11) is 0. The number of benzene rings is 3. The van der Waals surface area contributed by atoms with Crippen LogP contribution in [0.1, 0.15) is 66.5 Å². The third kappa shape index (κ3) is 7.13. The third-order valence-corrected chi connectivity index (χ3v) is 9.07. The molecule has 48 heavy (non-hydrogen) atoms. The largest absolute Gasteiger partial charge is 0.445 e. The Morgan fingerprint density at radius 2 is 1.54 bits per heavy atom. The van der Waals surface area contributed by atoms with E-state index in [1.165, 1.54) is 16.7 Å². The Bertz CT molecular complexity index is 1630. The van der Waals surface area contributed by atoms with Crippen molar-refractivity contribution in [2.24, 2.45) is 0 Å². The summed E-state index contributed by atoms with van der Waals surface area (Å²) >= 11 is 0. The number of amides is 2. The third-order valence-electron chi connectivity index (χ3n) is 9.07. The lowest BCUT2D eigenvalue weighted by atomic mass is 9.74. The second kappa shape index (κ2) is 13.5. The summed E-state index contributed by atoms with van der Waals surface area (Å²) in [6.45, 7) is 0.897. The number of nitrogens with zero attached hydrogens (tertiary/aromatic N) is 3. The van der Waals surface area contributed by atoms with Crippen LogP contribution in [0, 0.1) is 11.3 Å². The van der Waals surface area contributed by atoms with E-state index in [-0.39, 0.29) is 56.6 Å². The van der Waals surface area contributed by atoms with Crippen molar-refractivity contribution in [2.45, 2.75) is 68.7 Å². The summed E-state index contributed by atoms with van der Waals surface area (Å²) in [4.78, 5) is 29.7. The van der Waals surface area contributed by atoms with E-state index in [1.54, 1.807) is 60.7 Å². The lowest BCUT2D eigenvalue weighted by molar-refractivity contribution is -0.143. The van der Waals surface area contributed by atoms with Crippen LogP contribution in [0.3, 0.4) is 0 Å². The van der Waals surface area contributed by atoms with Crippen LogP contribution < -0.4 is 0 Å². The SMILES string of the molecule is C[C@@H](OC[C@@]1(c2ccccc2)CC[C@](C#N)(N2CCCC2=O)CN1C(=O)OCc1ccccc1)c1cc(C(F)(F)F)cc(C(F)(F)F)c1. The Kier molecular flexibility index (Phi) is 9.78. The van der Waals surface area contributed by atoms with Gasteiger partial charge in [0.2, 0.25) is 5.91 Å². The molecule has 2 heterocycles. The first-order valence-electron chi connectivity index (χ1n) is 15.4. The van der Waals surface area contributed by atoms with Gasteiger partial charge in [-0.1, -0.05) is 60.7 Å². The van der Waals surface area contributed by atoms with Gasteiger partial charge in [0.05, 0.1) is 42.0 Å². The quantitative estimate of drug-likeness (QED) is 0.226. The highest BCUT2D eigenvalue weighted by atomic mass is 19.4. The smallest absolute Gasteiger partial charge is 0.416 e. The molecule has 13 heteroatoms. The summed E-state index contributed by atoms with van der Waals surface area (Å²) in [6.07, 6.45) is -11.2. The second-order valence-corrected chi connectivity index (χ2v) is 12.1. The Labute approximate surface area is 273 Å². The lowest BCUT2D eigenvalue weighted by Crippen LogP contribution is -2.66. The number of nitriles is 1. The topological polar surface area (TPSA) is 82.9 Å². The summed E-state index contributed by atoms with van der Waals surface area (Å²) in [6, 6.07) is 21.0. The Morgan fingerprint density at radius 3 is 2.08 bits per heavy atom. The van der Waals surface area contributed by atoms with Crippen molar-refractivity contribution < 1.29 is 45.4 Å². The number of piperidine rings is 1. The molecule has 2 aliphatic heterocycles. The van der Waals surface area contributed by atoms with Crippen LogP contribution in [0.15, 0.2) is 78.9 Å². The minimum atomic E-state index is -5.04. The van der Waals surface area contributed by atoms with Crippen LogP contribution in [0.25, 0.3) is 0 Å². The van der Waals surface area contributed by atoms with E-state index in [1.807, 2.05) is 0 Å². The molecule has 3 aromatic rings. The van der Waals surface area contributed by atoms with Gasteiger partial charge < -0.3 is 14.4 Å². The van der Waals surface area contributed by atoms with E-state index in [4.69, 9.17) is 9.47 Å². The maximum absolute atomic E-state index is 14.1. The maximum Gasteiger partial charge on any atom is 0.416 e. The molecule has 2 saturated heterocycles. The number of likely N-dealkylation sites (tertiary alicyclic amines) is 2. The van der Waals surface area contributed by atoms with E-state index >= 15 is 0 Å². The van der Waals surface area contributed by atoms with Crippen molar-refractivity contribution in [1.82, 2.24) is 9.80 Å². The van der Waals surface area contributed by atoms with Crippen LogP contribution >= 0.6 is 0 Å². The van der Waals surface area contributed by atoms with Gasteiger partial charge in [-0.3, -0.25) is 9.69 Å². The molecule has 5 rings (SSSR count). The average molecular weight is 674 g/mol. The Balaban J connectivity index is 1.54. The zero-order valence-electron chi connectivity index (χ0n) is 26.0. The zero-order valence-corrected chi connectivity index (χ0v) is 26.0. The molecule has 0 saturated carbocycles. The number of halogens is 6. The van der Waals surface area contributed by atoms with Gasteiger partial charge in [0.1, 0.15) is 12.1 Å². The van der Waals surface area contributed by atoms with Gasteiger partial charge >= 0.3 is 18.4 Å².